The molecule has 0 aromatic rings. The second kappa shape index (κ2) is 29.0. The van der Waals surface area contributed by atoms with Gasteiger partial charge < -0.3 is 18.9 Å². The van der Waals surface area contributed by atoms with E-state index in [-0.39, 0.29) is 12.8 Å². The molecule has 1 rings (SSSR count). The van der Waals surface area contributed by atoms with Crippen LogP contribution in [0, 0.1) is 0 Å². The first-order valence-corrected chi connectivity index (χ1v) is 17.2. The first-order valence-electron chi connectivity index (χ1n) is 17.2. The van der Waals surface area contributed by atoms with Crippen molar-refractivity contribution in [3.05, 3.63) is 0 Å². The molecule has 0 amide bonds. The Balaban J connectivity index is 2.19. The summed E-state index contributed by atoms with van der Waals surface area (Å²) >= 11 is 0. The van der Waals surface area contributed by atoms with Gasteiger partial charge in [-0.05, 0) is 25.7 Å². The zero-order valence-corrected chi connectivity index (χ0v) is 26.5. The van der Waals surface area contributed by atoms with Crippen LogP contribution >= 0.6 is 0 Å². The summed E-state index contributed by atoms with van der Waals surface area (Å²) in [7, 11) is 0. The van der Waals surface area contributed by atoms with E-state index >= 15 is 0 Å². The summed E-state index contributed by atoms with van der Waals surface area (Å²) in [6.45, 7) is 1.49. The minimum atomic E-state index is -0.485. The Morgan fingerprint density at radius 3 is 0.548 bits per heavy atom. The molecule has 1 fully saturated rings. The largest absolute Gasteiger partial charge is 0.465 e. The molecule has 8 heteroatoms. The van der Waals surface area contributed by atoms with Gasteiger partial charge in [0.25, 0.3) is 0 Å². The second-order valence-corrected chi connectivity index (χ2v) is 11.7. The maximum absolute atomic E-state index is 11.8. The minimum absolute atomic E-state index is 0.291. The summed E-state index contributed by atoms with van der Waals surface area (Å²) in [6, 6.07) is 0. The molecule has 0 aromatic carbocycles. The molecule has 0 aromatic heterocycles. The standard InChI is InChI=1S/C34H60O8/c35-31-29-33(37)41-27-23-19-15-11-7-3-4-8-12-16-20-24-28-42-34(38)30-32(36)40-26-22-18-14-10-6-2-1-5-9-13-17-21-25-39-31/h1-30H2. The molecule has 1 heterocycles. The van der Waals surface area contributed by atoms with Gasteiger partial charge >= 0.3 is 23.9 Å². The number of esters is 4. The van der Waals surface area contributed by atoms with Gasteiger partial charge in [0, 0.05) is 0 Å². The van der Waals surface area contributed by atoms with Gasteiger partial charge in [-0.15, -0.1) is 0 Å². The summed E-state index contributed by atoms with van der Waals surface area (Å²) in [4.78, 5) is 47.3. The van der Waals surface area contributed by atoms with Crippen LogP contribution in [0.2, 0.25) is 0 Å². The number of hydrogen-bond acceptors (Lipinski definition) is 8. The highest BCUT2D eigenvalue weighted by atomic mass is 16.6. The lowest BCUT2D eigenvalue weighted by Gasteiger charge is -2.07. The van der Waals surface area contributed by atoms with Crippen LogP contribution in [-0.2, 0) is 38.1 Å². The SMILES string of the molecule is O=C1CC(=O)OCCCCCCCCCCCCCCOC(=O)CC(=O)OCCCCCCCCCCCCCCO1. The Hall–Kier alpha value is -2.12. The van der Waals surface area contributed by atoms with Crippen LogP contribution in [-0.4, -0.2) is 50.3 Å². The van der Waals surface area contributed by atoms with Crippen molar-refractivity contribution in [3.63, 3.8) is 0 Å². The third-order valence-electron chi connectivity index (χ3n) is 7.71. The van der Waals surface area contributed by atoms with Gasteiger partial charge in [-0.3, -0.25) is 19.2 Å². The summed E-state index contributed by atoms with van der Waals surface area (Å²) in [5.74, 6) is -1.94. The molecule has 244 valence electrons. The van der Waals surface area contributed by atoms with Crippen molar-refractivity contribution in [1.82, 2.24) is 0 Å². The van der Waals surface area contributed by atoms with Gasteiger partial charge in [-0.2, -0.15) is 0 Å². The predicted octanol–water partition coefficient (Wildman–Crippen LogP) is 8.32. The van der Waals surface area contributed by atoms with Crippen LogP contribution in [0.5, 0.6) is 0 Å². The van der Waals surface area contributed by atoms with Crippen LogP contribution in [0.15, 0.2) is 0 Å². The van der Waals surface area contributed by atoms with Crippen LogP contribution in [0.25, 0.3) is 0 Å². The molecule has 0 spiro atoms. The Kier molecular flexibility index (Phi) is 26.1. The lowest BCUT2D eigenvalue weighted by molar-refractivity contribution is -0.156. The smallest absolute Gasteiger partial charge is 0.317 e. The molecular formula is C34H60O8. The molecule has 0 bridgehead atoms. The fourth-order valence-electron chi connectivity index (χ4n) is 5.13. The average Bonchev–Trinajstić information content (AvgIpc) is 2.96. The fourth-order valence-corrected chi connectivity index (χ4v) is 5.13. The number of cyclic esters (lactones) is 4. The molecule has 0 aliphatic carbocycles. The molecule has 0 atom stereocenters. The number of carbonyl (C=O) groups excluding carboxylic acids is 4. The second-order valence-electron chi connectivity index (χ2n) is 11.7. The third kappa shape index (κ3) is 26.8. The first kappa shape index (κ1) is 37.9. The highest BCUT2D eigenvalue weighted by molar-refractivity contribution is 5.91. The molecule has 1 aliphatic rings. The molecule has 8 nitrogen and oxygen atoms in total. The van der Waals surface area contributed by atoms with Crippen LogP contribution in [0.1, 0.15) is 167 Å². The highest BCUT2D eigenvalue weighted by Crippen LogP contribution is 2.14. The number of carbonyl (C=O) groups is 4. The topological polar surface area (TPSA) is 105 Å². The van der Waals surface area contributed by atoms with Gasteiger partial charge in [-0.25, -0.2) is 0 Å². The van der Waals surface area contributed by atoms with E-state index in [0.29, 0.717) is 26.4 Å². The number of rotatable bonds is 0. The Morgan fingerprint density at radius 2 is 0.381 bits per heavy atom. The summed E-state index contributed by atoms with van der Waals surface area (Å²) in [5.41, 5.74) is 0. The van der Waals surface area contributed by atoms with Crippen molar-refractivity contribution in [2.24, 2.45) is 0 Å². The maximum atomic E-state index is 11.8. The van der Waals surface area contributed by atoms with Crippen molar-refractivity contribution in [2.45, 2.75) is 167 Å². The highest BCUT2D eigenvalue weighted by Gasteiger charge is 2.13. The quantitative estimate of drug-likeness (QED) is 0.156. The minimum Gasteiger partial charge on any atom is -0.465 e. The molecular weight excluding hydrogens is 536 g/mol. The van der Waals surface area contributed by atoms with Crippen LogP contribution < -0.4 is 0 Å². The number of hydrogen-bond donors (Lipinski definition) is 0. The van der Waals surface area contributed by atoms with Gasteiger partial charge in [0.2, 0.25) is 0 Å². The Labute approximate surface area is 255 Å². The molecule has 0 unspecified atom stereocenters. The molecule has 0 saturated carbocycles. The monoisotopic (exact) mass is 596 g/mol. The zero-order valence-electron chi connectivity index (χ0n) is 26.5. The van der Waals surface area contributed by atoms with E-state index in [4.69, 9.17) is 18.9 Å². The van der Waals surface area contributed by atoms with Crippen LogP contribution in [0.3, 0.4) is 0 Å². The van der Waals surface area contributed by atoms with E-state index < -0.39 is 23.9 Å². The normalized spacial score (nSPS) is 22.3. The van der Waals surface area contributed by atoms with Crippen molar-refractivity contribution in [3.8, 4) is 0 Å². The molecule has 42 heavy (non-hydrogen) atoms. The van der Waals surface area contributed by atoms with Gasteiger partial charge in [0.05, 0.1) is 26.4 Å². The lowest BCUT2D eigenvalue weighted by Crippen LogP contribution is -2.15. The first-order chi connectivity index (χ1) is 20.6. The lowest BCUT2D eigenvalue weighted by atomic mass is 10.1. The van der Waals surface area contributed by atoms with Gasteiger partial charge in [-0.1, -0.05) is 128 Å². The summed E-state index contributed by atoms with van der Waals surface area (Å²) in [5, 5.41) is 0. The van der Waals surface area contributed by atoms with E-state index in [1.807, 2.05) is 0 Å². The molecule has 0 radical (unpaired) electrons. The zero-order chi connectivity index (χ0) is 30.4. The summed E-state index contributed by atoms with van der Waals surface area (Å²) in [6.07, 6.45) is 26.1. The summed E-state index contributed by atoms with van der Waals surface area (Å²) < 4.78 is 20.7. The van der Waals surface area contributed by atoms with E-state index in [1.54, 1.807) is 0 Å². The molecule has 0 N–H and O–H groups in total. The van der Waals surface area contributed by atoms with Crippen LogP contribution in [0.4, 0.5) is 0 Å². The van der Waals surface area contributed by atoms with E-state index in [0.717, 1.165) is 77.0 Å². The van der Waals surface area contributed by atoms with Crippen molar-refractivity contribution in [2.75, 3.05) is 26.4 Å². The third-order valence-corrected chi connectivity index (χ3v) is 7.71. The molecule has 1 saturated heterocycles. The molecule has 1 aliphatic heterocycles. The fraction of sp³-hybridized carbons (Fsp3) is 0.882. The maximum Gasteiger partial charge on any atom is 0.317 e. The Bertz CT molecular complexity index is 579. The van der Waals surface area contributed by atoms with Gasteiger partial charge in [0.15, 0.2) is 0 Å². The number of ether oxygens (including phenoxy) is 4. The van der Waals surface area contributed by atoms with E-state index in [2.05, 4.69) is 0 Å². The average molecular weight is 597 g/mol. The van der Waals surface area contributed by atoms with Crippen molar-refractivity contribution < 1.29 is 38.1 Å². The van der Waals surface area contributed by atoms with Crippen molar-refractivity contribution >= 4 is 23.9 Å². The Morgan fingerprint density at radius 1 is 0.238 bits per heavy atom. The van der Waals surface area contributed by atoms with E-state index in [1.165, 1.54) is 77.0 Å². The van der Waals surface area contributed by atoms with Crippen molar-refractivity contribution in [1.29, 1.82) is 0 Å². The predicted molar refractivity (Wildman–Crippen MR) is 164 cm³/mol. The van der Waals surface area contributed by atoms with E-state index in [9.17, 15) is 19.2 Å². The van der Waals surface area contributed by atoms with Gasteiger partial charge in [0.1, 0.15) is 12.8 Å².